The van der Waals surface area contributed by atoms with E-state index in [-0.39, 0.29) is 11.9 Å². The molecule has 1 aromatic carbocycles. The van der Waals surface area contributed by atoms with E-state index in [9.17, 15) is 4.79 Å². The van der Waals surface area contributed by atoms with Crippen molar-refractivity contribution in [2.75, 3.05) is 5.32 Å². The summed E-state index contributed by atoms with van der Waals surface area (Å²) in [6.07, 6.45) is 4.45. The molecular formula is C17H18N4OS. The fourth-order valence-corrected chi connectivity index (χ4v) is 2.94. The largest absolute Gasteiger partial charge is 0.300 e. The van der Waals surface area contributed by atoms with Gasteiger partial charge in [-0.1, -0.05) is 31.2 Å². The quantitative estimate of drug-likeness (QED) is 0.776. The highest BCUT2D eigenvalue weighted by atomic mass is 32.1. The van der Waals surface area contributed by atoms with Crippen LogP contribution in [0.1, 0.15) is 25.5 Å². The Morgan fingerprint density at radius 1 is 1.35 bits per heavy atom. The topological polar surface area (TPSA) is 59.8 Å². The molecule has 2 aromatic heterocycles. The normalized spacial score (nSPS) is 12.1. The van der Waals surface area contributed by atoms with E-state index in [1.807, 2.05) is 5.38 Å². The molecule has 0 fully saturated rings. The summed E-state index contributed by atoms with van der Waals surface area (Å²) in [6.45, 7) is 3.94. The number of carbonyl (C=O) groups excluding carboxylic acids is 1. The summed E-state index contributed by atoms with van der Waals surface area (Å²) >= 11 is 1.42. The number of hydrogen-bond donors (Lipinski definition) is 1. The van der Waals surface area contributed by atoms with Crippen LogP contribution in [-0.2, 0) is 11.2 Å². The van der Waals surface area contributed by atoms with Gasteiger partial charge in [0, 0.05) is 23.3 Å². The third-order valence-corrected chi connectivity index (χ3v) is 4.45. The van der Waals surface area contributed by atoms with Crippen molar-refractivity contribution in [1.82, 2.24) is 14.8 Å². The van der Waals surface area contributed by atoms with Crippen molar-refractivity contribution in [3.05, 3.63) is 53.7 Å². The molecule has 1 unspecified atom stereocenters. The number of benzene rings is 1. The van der Waals surface area contributed by atoms with Crippen LogP contribution < -0.4 is 5.32 Å². The number of anilines is 1. The fourth-order valence-electron chi connectivity index (χ4n) is 2.21. The third-order valence-electron chi connectivity index (χ3n) is 3.69. The summed E-state index contributed by atoms with van der Waals surface area (Å²) in [4.78, 5) is 16.7. The predicted octanol–water partition coefficient (Wildman–Crippen LogP) is 3.77. The van der Waals surface area contributed by atoms with Crippen LogP contribution in [0.5, 0.6) is 0 Å². The lowest BCUT2D eigenvalue weighted by Crippen LogP contribution is -2.23. The Balaban J connectivity index is 1.70. The van der Waals surface area contributed by atoms with Crippen LogP contribution in [0.2, 0.25) is 0 Å². The van der Waals surface area contributed by atoms with Crippen LogP contribution in [-0.4, -0.2) is 20.7 Å². The van der Waals surface area contributed by atoms with E-state index < -0.39 is 0 Å². The number of nitrogens with zero attached hydrogens (tertiary/aromatic N) is 3. The van der Waals surface area contributed by atoms with Gasteiger partial charge in [0.05, 0.1) is 5.69 Å². The molecule has 0 saturated carbocycles. The highest BCUT2D eigenvalue weighted by Gasteiger charge is 2.16. The minimum atomic E-state index is -0.374. The number of thiazole rings is 1. The lowest BCUT2D eigenvalue weighted by Gasteiger charge is -2.10. The standard InChI is InChI=1S/C17H18N4OS/c1-3-13-5-7-14(8-6-13)15-11-23-17(19-15)20-16(22)12(2)21-10-4-9-18-21/h4-12H,3H2,1-2H3,(H,19,20,22). The number of hydrogen-bond acceptors (Lipinski definition) is 4. The number of nitrogens with one attached hydrogen (secondary N) is 1. The molecule has 0 aliphatic rings. The first-order valence-corrected chi connectivity index (χ1v) is 8.40. The smallest absolute Gasteiger partial charge is 0.250 e. The fraction of sp³-hybridized carbons (Fsp3) is 0.235. The van der Waals surface area contributed by atoms with Crippen molar-refractivity contribution in [3.8, 4) is 11.3 Å². The van der Waals surface area contributed by atoms with Gasteiger partial charge in [0.25, 0.3) is 5.91 Å². The number of aromatic nitrogens is 3. The van der Waals surface area contributed by atoms with Gasteiger partial charge in [-0.15, -0.1) is 11.3 Å². The first-order valence-electron chi connectivity index (χ1n) is 7.52. The molecule has 1 N–H and O–H groups in total. The van der Waals surface area contributed by atoms with Crippen molar-refractivity contribution in [2.45, 2.75) is 26.3 Å². The molecular weight excluding hydrogens is 308 g/mol. The van der Waals surface area contributed by atoms with Crippen LogP contribution in [0.15, 0.2) is 48.1 Å². The molecule has 0 bridgehead atoms. The third kappa shape index (κ3) is 3.48. The zero-order valence-corrected chi connectivity index (χ0v) is 13.9. The van der Waals surface area contributed by atoms with Crippen LogP contribution >= 0.6 is 11.3 Å². The second kappa shape index (κ2) is 6.75. The monoisotopic (exact) mass is 326 g/mol. The number of amides is 1. The van der Waals surface area contributed by atoms with Gasteiger partial charge in [-0.05, 0) is 25.0 Å². The first-order chi connectivity index (χ1) is 11.2. The lowest BCUT2D eigenvalue weighted by molar-refractivity contribution is -0.119. The maximum atomic E-state index is 12.2. The van der Waals surface area contributed by atoms with E-state index >= 15 is 0 Å². The highest BCUT2D eigenvalue weighted by molar-refractivity contribution is 7.14. The molecule has 0 spiro atoms. The zero-order valence-electron chi connectivity index (χ0n) is 13.1. The van der Waals surface area contributed by atoms with Gasteiger partial charge < -0.3 is 5.32 Å². The summed E-state index contributed by atoms with van der Waals surface area (Å²) in [5.74, 6) is -0.129. The van der Waals surface area contributed by atoms with Crippen molar-refractivity contribution in [3.63, 3.8) is 0 Å². The van der Waals surface area contributed by atoms with Crippen molar-refractivity contribution >= 4 is 22.4 Å². The highest BCUT2D eigenvalue weighted by Crippen LogP contribution is 2.25. The molecule has 1 amide bonds. The van der Waals surface area contributed by atoms with Gasteiger partial charge >= 0.3 is 0 Å². The summed E-state index contributed by atoms with van der Waals surface area (Å²) in [6, 6.07) is 9.75. The van der Waals surface area contributed by atoms with E-state index in [1.54, 1.807) is 30.1 Å². The van der Waals surface area contributed by atoms with Gasteiger partial charge in [0.15, 0.2) is 5.13 Å². The maximum absolute atomic E-state index is 12.2. The molecule has 0 aliphatic carbocycles. The van der Waals surface area contributed by atoms with E-state index in [0.29, 0.717) is 5.13 Å². The molecule has 23 heavy (non-hydrogen) atoms. The van der Waals surface area contributed by atoms with Crippen LogP contribution in [0, 0.1) is 0 Å². The average molecular weight is 326 g/mol. The van der Waals surface area contributed by atoms with Crippen LogP contribution in [0.3, 0.4) is 0 Å². The first kappa shape index (κ1) is 15.4. The summed E-state index contributed by atoms with van der Waals surface area (Å²) in [5.41, 5.74) is 3.23. The Kier molecular flexibility index (Phi) is 4.52. The second-order valence-electron chi connectivity index (χ2n) is 5.24. The molecule has 5 nitrogen and oxygen atoms in total. The predicted molar refractivity (Wildman–Crippen MR) is 92.5 cm³/mol. The van der Waals surface area contributed by atoms with Crippen LogP contribution in [0.4, 0.5) is 5.13 Å². The molecule has 118 valence electrons. The molecule has 1 atom stereocenters. The van der Waals surface area contributed by atoms with Gasteiger partial charge in [0.2, 0.25) is 0 Å². The summed E-state index contributed by atoms with van der Waals surface area (Å²) in [7, 11) is 0. The van der Waals surface area contributed by atoms with E-state index in [1.165, 1.54) is 16.9 Å². The van der Waals surface area contributed by atoms with Gasteiger partial charge in [-0.2, -0.15) is 5.10 Å². The number of carbonyl (C=O) groups is 1. The Labute approximate surface area is 139 Å². The number of rotatable bonds is 5. The average Bonchev–Trinajstić information content (AvgIpc) is 3.26. The van der Waals surface area contributed by atoms with Crippen molar-refractivity contribution in [1.29, 1.82) is 0 Å². The SMILES string of the molecule is CCc1ccc(-c2csc(NC(=O)C(C)n3cccn3)n2)cc1. The van der Waals surface area contributed by atoms with Gasteiger partial charge in [-0.3, -0.25) is 9.48 Å². The van der Waals surface area contributed by atoms with Gasteiger partial charge in [0.1, 0.15) is 6.04 Å². The summed E-state index contributed by atoms with van der Waals surface area (Å²) in [5, 5.41) is 9.49. The molecule has 6 heteroatoms. The Morgan fingerprint density at radius 3 is 2.78 bits per heavy atom. The number of aryl methyl sites for hydroxylation is 1. The van der Waals surface area contributed by atoms with E-state index in [0.717, 1.165) is 17.7 Å². The molecule has 3 rings (SSSR count). The molecule has 0 saturated heterocycles. The zero-order chi connectivity index (χ0) is 16.2. The van der Waals surface area contributed by atoms with Gasteiger partial charge in [-0.25, -0.2) is 4.98 Å². The molecule has 0 radical (unpaired) electrons. The minimum absolute atomic E-state index is 0.129. The Hall–Kier alpha value is -2.47. The Morgan fingerprint density at radius 2 is 2.13 bits per heavy atom. The maximum Gasteiger partial charge on any atom is 0.250 e. The molecule has 2 heterocycles. The van der Waals surface area contributed by atoms with Crippen LogP contribution in [0.25, 0.3) is 11.3 Å². The van der Waals surface area contributed by atoms with Crippen molar-refractivity contribution < 1.29 is 4.79 Å². The molecule has 0 aliphatic heterocycles. The van der Waals surface area contributed by atoms with Crippen molar-refractivity contribution in [2.24, 2.45) is 0 Å². The van der Waals surface area contributed by atoms with E-state index in [2.05, 4.69) is 46.6 Å². The van der Waals surface area contributed by atoms with E-state index in [4.69, 9.17) is 0 Å². The molecule has 3 aromatic rings. The Bertz CT molecular complexity index is 777. The lowest BCUT2D eigenvalue weighted by atomic mass is 10.1. The summed E-state index contributed by atoms with van der Waals surface area (Å²) < 4.78 is 1.62. The second-order valence-corrected chi connectivity index (χ2v) is 6.10. The minimum Gasteiger partial charge on any atom is -0.300 e.